The first kappa shape index (κ1) is 24.6. The van der Waals surface area contributed by atoms with Crippen molar-refractivity contribution >= 4 is 52.2 Å². The Morgan fingerprint density at radius 2 is 1.63 bits per heavy atom. The average molecular weight is 504 g/mol. The van der Waals surface area contributed by atoms with Crippen molar-refractivity contribution in [3.8, 4) is 17.4 Å². The number of pyridine rings is 1. The van der Waals surface area contributed by atoms with E-state index < -0.39 is 11.7 Å². The fraction of sp³-hybridized carbons (Fsp3) is 0.333. The highest BCUT2D eigenvalue weighted by Crippen LogP contribution is 2.37. The summed E-state index contributed by atoms with van der Waals surface area (Å²) in [5.74, 6) is 0.522. The first-order valence-corrected chi connectivity index (χ1v) is 9.89. The molecule has 0 aliphatic rings. The van der Waals surface area contributed by atoms with Gasteiger partial charge in [0.05, 0.1) is 28.8 Å². The number of aromatic nitrogens is 1. The molecule has 1 aromatic heterocycles. The monoisotopic (exact) mass is 502 g/mol. The Bertz CT molecular complexity index is 891. The van der Waals surface area contributed by atoms with Gasteiger partial charge in [-0.1, -0.05) is 34.8 Å². The number of alkyl halides is 3. The number of hydrogen-bond acceptors (Lipinski definition) is 5. The predicted molar refractivity (Wildman–Crippen MR) is 113 cm³/mol. The molecule has 0 aliphatic heterocycles. The Balaban J connectivity index is 1.87. The van der Waals surface area contributed by atoms with Gasteiger partial charge < -0.3 is 19.1 Å². The van der Waals surface area contributed by atoms with Crippen molar-refractivity contribution in [1.29, 1.82) is 0 Å². The maximum absolute atomic E-state index is 12.6. The molecule has 0 radical (unpaired) electrons. The number of nitrogens with zero attached hydrogens (tertiary/aromatic N) is 2. The Morgan fingerprint density at radius 3 is 2.17 bits per heavy atom. The van der Waals surface area contributed by atoms with Gasteiger partial charge in [-0.2, -0.15) is 13.2 Å². The van der Waals surface area contributed by atoms with Crippen molar-refractivity contribution in [2.45, 2.75) is 12.6 Å². The maximum atomic E-state index is 12.6. The van der Waals surface area contributed by atoms with Crippen LogP contribution in [0.1, 0.15) is 12.0 Å². The molecule has 0 N–H and O–H groups in total. The van der Waals surface area contributed by atoms with E-state index in [0.29, 0.717) is 18.4 Å². The molecule has 0 amide bonds. The minimum atomic E-state index is -4.53. The van der Waals surface area contributed by atoms with Crippen LogP contribution in [0.2, 0.25) is 15.1 Å². The van der Waals surface area contributed by atoms with Gasteiger partial charge in [-0.25, -0.2) is 4.98 Å². The largest absolute Gasteiger partial charge is 0.490 e. The molecule has 5 nitrogen and oxygen atoms in total. The lowest BCUT2D eigenvalue weighted by molar-refractivity contribution is -0.137. The molecular formula is C18H16Cl3F3N2O3S. The molecule has 1 aromatic carbocycles. The fourth-order valence-electron chi connectivity index (χ4n) is 2.01. The summed E-state index contributed by atoms with van der Waals surface area (Å²) < 4.78 is 54.1. The average Bonchev–Trinajstić information content (AvgIpc) is 2.63. The molecule has 30 heavy (non-hydrogen) atoms. The summed E-state index contributed by atoms with van der Waals surface area (Å²) in [4.78, 5) is 5.20. The first-order chi connectivity index (χ1) is 14.0. The van der Waals surface area contributed by atoms with Gasteiger partial charge in [-0.3, -0.25) is 0 Å². The fourth-order valence-corrected chi connectivity index (χ4v) is 2.91. The topological polar surface area (TPSA) is 43.8 Å². The Morgan fingerprint density at radius 1 is 1.03 bits per heavy atom. The van der Waals surface area contributed by atoms with Crippen LogP contribution in [0.5, 0.6) is 17.4 Å². The van der Waals surface area contributed by atoms with E-state index in [1.165, 1.54) is 12.1 Å². The Hall–Kier alpha value is -1.68. The van der Waals surface area contributed by atoms with Crippen LogP contribution in [0.4, 0.5) is 13.2 Å². The van der Waals surface area contributed by atoms with Crippen molar-refractivity contribution in [1.82, 2.24) is 9.88 Å². The second kappa shape index (κ2) is 10.6. The maximum Gasteiger partial charge on any atom is 0.417 e. The van der Waals surface area contributed by atoms with Crippen molar-refractivity contribution in [2.24, 2.45) is 0 Å². The number of thiocarbonyl (C=S) groups is 1. The smallest absolute Gasteiger partial charge is 0.417 e. The van der Waals surface area contributed by atoms with E-state index >= 15 is 0 Å². The molecule has 12 heteroatoms. The summed E-state index contributed by atoms with van der Waals surface area (Å²) in [7, 11) is 3.47. The predicted octanol–water partition coefficient (Wildman–Crippen LogP) is 6.13. The Labute approximate surface area is 191 Å². The zero-order valence-electron chi connectivity index (χ0n) is 15.7. The quantitative estimate of drug-likeness (QED) is 0.334. The van der Waals surface area contributed by atoms with Crippen LogP contribution in [0.3, 0.4) is 0 Å². The van der Waals surface area contributed by atoms with E-state index in [2.05, 4.69) is 4.98 Å². The third-order valence-electron chi connectivity index (χ3n) is 3.45. The van der Waals surface area contributed by atoms with Crippen LogP contribution in [-0.4, -0.2) is 42.4 Å². The van der Waals surface area contributed by atoms with E-state index in [9.17, 15) is 13.2 Å². The van der Waals surface area contributed by atoms with Crippen molar-refractivity contribution in [2.75, 3.05) is 27.3 Å². The minimum Gasteiger partial charge on any atom is -0.490 e. The van der Waals surface area contributed by atoms with Gasteiger partial charge in [0, 0.05) is 38.8 Å². The van der Waals surface area contributed by atoms with E-state index in [-0.39, 0.29) is 45.1 Å². The molecule has 0 bridgehead atoms. The van der Waals surface area contributed by atoms with Gasteiger partial charge in [0.2, 0.25) is 5.88 Å². The summed E-state index contributed by atoms with van der Waals surface area (Å²) in [5.41, 5.74) is -0.953. The lowest BCUT2D eigenvalue weighted by atomic mass is 10.3. The van der Waals surface area contributed by atoms with Gasteiger partial charge in [0.1, 0.15) is 10.8 Å². The molecule has 0 aliphatic carbocycles. The lowest BCUT2D eigenvalue weighted by Crippen LogP contribution is -2.24. The van der Waals surface area contributed by atoms with Crippen LogP contribution in [0, 0.1) is 0 Å². The molecule has 1 heterocycles. The number of hydrogen-bond donors (Lipinski definition) is 0. The summed E-state index contributed by atoms with van der Waals surface area (Å²) >= 11 is 23.2. The molecule has 2 rings (SSSR count). The third-order valence-corrected chi connectivity index (χ3v) is 4.73. The molecule has 0 saturated carbocycles. The first-order valence-electron chi connectivity index (χ1n) is 8.35. The van der Waals surface area contributed by atoms with Gasteiger partial charge >= 0.3 is 6.18 Å². The van der Waals surface area contributed by atoms with Gasteiger partial charge in [0.25, 0.3) is 5.17 Å². The van der Waals surface area contributed by atoms with Crippen molar-refractivity contribution < 1.29 is 27.4 Å². The van der Waals surface area contributed by atoms with Crippen LogP contribution in [-0.2, 0) is 6.18 Å². The molecule has 2 aromatic rings. The SMILES string of the molecule is CN(C)C(=S)Oc1cc(Cl)c(OCCCOc2ncc(C(F)(F)F)cc2Cl)c(Cl)c1. The van der Waals surface area contributed by atoms with Crippen molar-refractivity contribution in [3.05, 3.63) is 45.0 Å². The minimum absolute atomic E-state index is 0.0981. The highest BCUT2D eigenvalue weighted by atomic mass is 35.5. The molecule has 0 unspecified atom stereocenters. The summed E-state index contributed by atoms with van der Waals surface area (Å²) in [6.45, 7) is 0.277. The number of halogens is 6. The highest BCUT2D eigenvalue weighted by Gasteiger charge is 2.31. The van der Waals surface area contributed by atoms with E-state index in [4.69, 9.17) is 61.2 Å². The van der Waals surface area contributed by atoms with E-state index in [1.807, 2.05) is 0 Å². The van der Waals surface area contributed by atoms with Crippen LogP contribution in [0.15, 0.2) is 24.4 Å². The zero-order valence-corrected chi connectivity index (χ0v) is 18.8. The van der Waals surface area contributed by atoms with Crippen LogP contribution in [0.25, 0.3) is 0 Å². The second-order valence-corrected chi connectivity index (χ2v) is 7.61. The Kier molecular flexibility index (Phi) is 8.66. The second-order valence-electron chi connectivity index (χ2n) is 6.04. The van der Waals surface area contributed by atoms with Crippen LogP contribution >= 0.6 is 47.0 Å². The zero-order chi connectivity index (χ0) is 22.5. The van der Waals surface area contributed by atoms with E-state index in [0.717, 1.165) is 6.07 Å². The molecule has 164 valence electrons. The standard InChI is InChI=1S/C18H16Cl3F3N2O3S/c1-26(2)17(30)29-11-7-12(19)15(13(20)8-11)27-4-3-5-28-16-14(21)6-10(9-25-16)18(22,23)24/h6-9H,3-5H2,1-2H3. The molecule has 0 atom stereocenters. The number of ether oxygens (including phenoxy) is 3. The summed E-state index contributed by atoms with van der Waals surface area (Å²) in [6.07, 6.45) is -3.50. The molecule has 0 spiro atoms. The van der Waals surface area contributed by atoms with Crippen molar-refractivity contribution in [3.63, 3.8) is 0 Å². The normalized spacial score (nSPS) is 11.2. The van der Waals surface area contributed by atoms with Crippen LogP contribution < -0.4 is 14.2 Å². The molecular weight excluding hydrogens is 488 g/mol. The van der Waals surface area contributed by atoms with Gasteiger partial charge in [0.15, 0.2) is 5.75 Å². The summed E-state index contributed by atoms with van der Waals surface area (Å²) in [5, 5.41) is 0.464. The third kappa shape index (κ3) is 6.94. The number of benzene rings is 1. The lowest BCUT2D eigenvalue weighted by Gasteiger charge is -2.16. The highest BCUT2D eigenvalue weighted by molar-refractivity contribution is 7.80. The summed E-state index contributed by atoms with van der Waals surface area (Å²) in [6, 6.07) is 3.79. The van der Waals surface area contributed by atoms with Gasteiger partial charge in [-0.15, -0.1) is 0 Å². The van der Waals surface area contributed by atoms with E-state index in [1.54, 1.807) is 19.0 Å². The molecule has 0 saturated heterocycles. The number of rotatable bonds is 7. The molecule has 0 fully saturated rings. The van der Waals surface area contributed by atoms with Gasteiger partial charge in [-0.05, 0) is 18.3 Å².